The summed E-state index contributed by atoms with van der Waals surface area (Å²) in [5.74, 6) is 0.713. The maximum atomic E-state index is 10.8. The van der Waals surface area contributed by atoms with Gasteiger partial charge in [-0.2, -0.15) is 0 Å². The molecule has 2 rings (SSSR count). The van der Waals surface area contributed by atoms with E-state index in [2.05, 4.69) is 20.8 Å². The third kappa shape index (κ3) is 2.89. The number of halogens is 1. The number of benzene rings is 1. The lowest BCUT2D eigenvalue weighted by Crippen LogP contribution is -2.35. The molecule has 0 aromatic heterocycles. The zero-order valence-electron chi connectivity index (χ0n) is 11.5. The highest BCUT2D eigenvalue weighted by atomic mass is 35.5. The molecular formula is C16H23ClO. The van der Waals surface area contributed by atoms with Gasteiger partial charge in [0.1, 0.15) is 0 Å². The Hall–Kier alpha value is -0.530. The Labute approximate surface area is 115 Å². The maximum absolute atomic E-state index is 10.8. The second-order valence-electron chi connectivity index (χ2n) is 6.68. The highest BCUT2D eigenvalue weighted by Crippen LogP contribution is 2.45. The molecular weight excluding hydrogens is 244 g/mol. The molecule has 0 aliphatic heterocycles. The maximum Gasteiger partial charge on any atom is 0.0896 e. The smallest absolute Gasteiger partial charge is 0.0896 e. The SMILES string of the molecule is CC(C)(C)C1CCC(O)(c2ccc(Cl)cc2)CC1. The molecule has 1 aromatic rings. The van der Waals surface area contributed by atoms with Gasteiger partial charge in [-0.3, -0.25) is 0 Å². The zero-order valence-corrected chi connectivity index (χ0v) is 12.3. The van der Waals surface area contributed by atoms with Gasteiger partial charge in [0.05, 0.1) is 5.60 Å². The Kier molecular flexibility index (Phi) is 3.75. The van der Waals surface area contributed by atoms with E-state index >= 15 is 0 Å². The summed E-state index contributed by atoms with van der Waals surface area (Å²) in [5.41, 5.74) is 0.715. The van der Waals surface area contributed by atoms with Crippen LogP contribution in [0.1, 0.15) is 52.0 Å². The van der Waals surface area contributed by atoms with E-state index in [-0.39, 0.29) is 0 Å². The fourth-order valence-corrected chi connectivity index (χ4v) is 3.14. The molecule has 1 aliphatic carbocycles. The lowest BCUT2D eigenvalue weighted by molar-refractivity contribution is -0.0297. The largest absolute Gasteiger partial charge is 0.385 e. The summed E-state index contributed by atoms with van der Waals surface area (Å²) in [6.45, 7) is 6.89. The van der Waals surface area contributed by atoms with Crippen molar-refractivity contribution in [3.63, 3.8) is 0 Å². The summed E-state index contributed by atoms with van der Waals surface area (Å²) in [7, 11) is 0. The van der Waals surface area contributed by atoms with Crippen molar-refractivity contribution in [1.82, 2.24) is 0 Å². The van der Waals surface area contributed by atoms with E-state index < -0.39 is 5.60 Å². The van der Waals surface area contributed by atoms with E-state index in [9.17, 15) is 5.11 Å². The van der Waals surface area contributed by atoms with E-state index in [0.29, 0.717) is 11.3 Å². The number of aliphatic hydroxyl groups is 1. The molecule has 0 unspecified atom stereocenters. The normalized spacial score (nSPS) is 29.3. The summed E-state index contributed by atoms with van der Waals surface area (Å²) in [6, 6.07) is 7.65. The Morgan fingerprint density at radius 3 is 2.06 bits per heavy atom. The van der Waals surface area contributed by atoms with Gasteiger partial charge < -0.3 is 5.11 Å². The van der Waals surface area contributed by atoms with Crippen LogP contribution in [0.4, 0.5) is 0 Å². The van der Waals surface area contributed by atoms with Crippen molar-refractivity contribution in [2.45, 2.75) is 52.1 Å². The van der Waals surface area contributed by atoms with Crippen LogP contribution in [0, 0.1) is 11.3 Å². The Balaban J connectivity index is 2.10. The van der Waals surface area contributed by atoms with Crippen LogP contribution in [0.2, 0.25) is 5.02 Å². The van der Waals surface area contributed by atoms with Crippen LogP contribution in [0.25, 0.3) is 0 Å². The third-order valence-corrected chi connectivity index (χ3v) is 4.67. The van der Waals surface area contributed by atoms with E-state index in [0.717, 1.165) is 36.3 Å². The number of hydrogen-bond donors (Lipinski definition) is 1. The van der Waals surface area contributed by atoms with Crippen molar-refractivity contribution >= 4 is 11.6 Å². The van der Waals surface area contributed by atoms with Crippen molar-refractivity contribution in [1.29, 1.82) is 0 Å². The van der Waals surface area contributed by atoms with Crippen molar-refractivity contribution < 1.29 is 5.11 Å². The van der Waals surface area contributed by atoms with Crippen LogP contribution in [0.15, 0.2) is 24.3 Å². The predicted molar refractivity (Wildman–Crippen MR) is 76.8 cm³/mol. The Bertz CT molecular complexity index is 394. The molecule has 1 aromatic carbocycles. The monoisotopic (exact) mass is 266 g/mol. The van der Waals surface area contributed by atoms with Crippen molar-refractivity contribution in [3.8, 4) is 0 Å². The van der Waals surface area contributed by atoms with E-state index in [1.54, 1.807) is 0 Å². The minimum atomic E-state index is -0.646. The fraction of sp³-hybridized carbons (Fsp3) is 0.625. The van der Waals surface area contributed by atoms with Crippen LogP contribution >= 0.6 is 11.6 Å². The van der Waals surface area contributed by atoms with Gasteiger partial charge in [-0.05, 0) is 54.7 Å². The summed E-state index contributed by atoms with van der Waals surface area (Å²) < 4.78 is 0. The molecule has 1 N–H and O–H groups in total. The van der Waals surface area contributed by atoms with Gasteiger partial charge >= 0.3 is 0 Å². The van der Waals surface area contributed by atoms with Crippen LogP contribution in [0.3, 0.4) is 0 Å². The fourth-order valence-electron chi connectivity index (χ4n) is 3.01. The third-order valence-electron chi connectivity index (χ3n) is 4.42. The highest BCUT2D eigenvalue weighted by Gasteiger charge is 2.38. The zero-order chi connectivity index (χ0) is 13.4. The first-order valence-corrected chi connectivity index (χ1v) is 7.17. The van der Waals surface area contributed by atoms with Crippen molar-refractivity contribution in [2.75, 3.05) is 0 Å². The average Bonchev–Trinajstić information content (AvgIpc) is 2.29. The molecule has 0 spiro atoms. The summed E-state index contributed by atoms with van der Waals surface area (Å²) in [6.07, 6.45) is 3.92. The van der Waals surface area contributed by atoms with Crippen LogP contribution in [0.5, 0.6) is 0 Å². The van der Waals surface area contributed by atoms with Gasteiger partial charge in [-0.25, -0.2) is 0 Å². The molecule has 1 nitrogen and oxygen atoms in total. The standard InChI is InChI=1S/C16H23ClO/c1-15(2,3)12-8-10-16(18,11-9-12)13-4-6-14(17)7-5-13/h4-7,12,18H,8-11H2,1-3H3. The molecule has 1 aliphatic rings. The van der Waals surface area contributed by atoms with Gasteiger partial charge in [-0.1, -0.05) is 44.5 Å². The van der Waals surface area contributed by atoms with Crippen LogP contribution < -0.4 is 0 Å². The van der Waals surface area contributed by atoms with Crippen molar-refractivity contribution in [2.24, 2.45) is 11.3 Å². The lowest BCUT2D eigenvalue weighted by Gasteiger charge is -2.41. The molecule has 0 atom stereocenters. The molecule has 0 bridgehead atoms. The summed E-state index contributed by atoms with van der Waals surface area (Å²) in [5, 5.41) is 11.5. The molecule has 0 saturated heterocycles. The van der Waals surface area contributed by atoms with Crippen LogP contribution in [-0.4, -0.2) is 5.11 Å². The van der Waals surface area contributed by atoms with E-state index in [1.165, 1.54) is 0 Å². The molecule has 100 valence electrons. The second kappa shape index (κ2) is 4.86. The summed E-state index contributed by atoms with van der Waals surface area (Å²) in [4.78, 5) is 0. The minimum Gasteiger partial charge on any atom is -0.385 e. The molecule has 0 heterocycles. The van der Waals surface area contributed by atoms with Gasteiger partial charge in [0.2, 0.25) is 0 Å². The Morgan fingerprint density at radius 2 is 1.61 bits per heavy atom. The molecule has 18 heavy (non-hydrogen) atoms. The lowest BCUT2D eigenvalue weighted by atomic mass is 9.67. The summed E-state index contributed by atoms with van der Waals surface area (Å²) >= 11 is 5.90. The topological polar surface area (TPSA) is 20.2 Å². The average molecular weight is 267 g/mol. The number of rotatable bonds is 1. The highest BCUT2D eigenvalue weighted by molar-refractivity contribution is 6.30. The quantitative estimate of drug-likeness (QED) is 0.777. The molecule has 1 fully saturated rings. The van der Waals surface area contributed by atoms with Crippen LogP contribution in [-0.2, 0) is 5.60 Å². The first kappa shape index (κ1) is 13.9. The molecule has 0 amide bonds. The van der Waals surface area contributed by atoms with Gasteiger partial charge in [0, 0.05) is 5.02 Å². The van der Waals surface area contributed by atoms with Gasteiger partial charge in [-0.15, -0.1) is 0 Å². The van der Waals surface area contributed by atoms with Gasteiger partial charge in [0.25, 0.3) is 0 Å². The van der Waals surface area contributed by atoms with Gasteiger partial charge in [0.15, 0.2) is 0 Å². The first-order chi connectivity index (χ1) is 8.31. The predicted octanol–water partition coefficient (Wildman–Crippen LogP) is 4.76. The number of hydrogen-bond acceptors (Lipinski definition) is 1. The van der Waals surface area contributed by atoms with Crippen molar-refractivity contribution in [3.05, 3.63) is 34.9 Å². The first-order valence-electron chi connectivity index (χ1n) is 6.80. The van der Waals surface area contributed by atoms with E-state index in [4.69, 9.17) is 11.6 Å². The Morgan fingerprint density at radius 1 is 1.11 bits per heavy atom. The second-order valence-corrected chi connectivity index (χ2v) is 7.12. The molecule has 0 radical (unpaired) electrons. The minimum absolute atomic E-state index is 0.349. The van der Waals surface area contributed by atoms with E-state index in [1.807, 2.05) is 24.3 Å². The molecule has 2 heteroatoms. The molecule has 1 saturated carbocycles.